The SMILES string of the molecule is [2H]C([2H])(c1ccnc(-c2ccc3oc4nc(-c5ccccc5)ccc4c3c2)c1)C1CCCC1. The first-order chi connectivity index (χ1) is 16.1. The van der Waals surface area contributed by atoms with Crippen LogP contribution in [0.3, 0.4) is 0 Å². The maximum Gasteiger partial charge on any atom is 0.227 e. The number of nitrogens with zero attached hydrogens (tertiary/aromatic N) is 2. The molecule has 0 amide bonds. The minimum atomic E-state index is -1.33. The Hall–Kier alpha value is -3.46. The summed E-state index contributed by atoms with van der Waals surface area (Å²) in [6.45, 7) is 0. The zero-order valence-electron chi connectivity index (χ0n) is 19.2. The molecule has 2 aromatic carbocycles. The molecule has 0 bridgehead atoms. The molecule has 6 rings (SSSR count). The minimum Gasteiger partial charge on any atom is -0.438 e. The Labute approximate surface area is 184 Å². The summed E-state index contributed by atoms with van der Waals surface area (Å²) in [7, 11) is 0. The minimum absolute atomic E-state index is 0.0814. The Balaban J connectivity index is 1.40. The van der Waals surface area contributed by atoms with Crippen molar-refractivity contribution >= 4 is 22.1 Å². The van der Waals surface area contributed by atoms with Crippen molar-refractivity contribution in [3.05, 3.63) is 84.6 Å². The van der Waals surface area contributed by atoms with Crippen LogP contribution in [0.4, 0.5) is 0 Å². The van der Waals surface area contributed by atoms with Crippen molar-refractivity contribution in [3.63, 3.8) is 0 Å². The van der Waals surface area contributed by atoms with Crippen LogP contribution >= 0.6 is 0 Å². The van der Waals surface area contributed by atoms with Crippen molar-refractivity contribution in [2.45, 2.75) is 32.1 Å². The number of rotatable bonds is 4. The molecule has 1 saturated carbocycles. The Morgan fingerprint density at radius 2 is 1.71 bits per heavy atom. The van der Waals surface area contributed by atoms with Crippen LogP contribution < -0.4 is 0 Å². The summed E-state index contributed by atoms with van der Waals surface area (Å²) >= 11 is 0. The number of hydrogen-bond acceptors (Lipinski definition) is 3. The lowest BCUT2D eigenvalue weighted by Gasteiger charge is -2.10. The maximum atomic E-state index is 8.74. The first-order valence-corrected chi connectivity index (χ1v) is 11.0. The zero-order chi connectivity index (χ0) is 22.4. The average Bonchev–Trinajstić information content (AvgIpc) is 3.53. The van der Waals surface area contributed by atoms with E-state index in [0.717, 1.165) is 64.6 Å². The molecule has 3 heteroatoms. The van der Waals surface area contributed by atoms with E-state index in [1.807, 2.05) is 60.7 Å². The van der Waals surface area contributed by atoms with E-state index in [1.165, 1.54) is 0 Å². The Morgan fingerprint density at radius 3 is 2.58 bits per heavy atom. The quantitative estimate of drug-likeness (QED) is 0.311. The van der Waals surface area contributed by atoms with Gasteiger partial charge >= 0.3 is 0 Å². The Bertz CT molecular complexity index is 1450. The van der Waals surface area contributed by atoms with Gasteiger partial charge in [-0.15, -0.1) is 0 Å². The molecule has 0 spiro atoms. The van der Waals surface area contributed by atoms with E-state index in [1.54, 1.807) is 6.20 Å². The molecule has 152 valence electrons. The fourth-order valence-corrected chi connectivity index (χ4v) is 4.57. The van der Waals surface area contributed by atoms with Crippen LogP contribution in [0.1, 0.15) is 34.0 Å². The molecule has 3 heterocycles. The Kier molecular flexibility index (Phi) is 4.02. The number of benzene rings is 2. The standard InChI is InChI=1S/C28H24N2O/c1-2-8-21(9-3-1)25-12-11-23-24-18-22(10-13-27(24)31-28(23)30-25)26-17-20(14-15-29-26)16-19-6-4-5-7-19/h1-3,8-15,17-19H,4-7,16H2/i16D2. The van der Waals surface area contributed by atoms with Gasteiger partial charge < -0.3 is 4.42 Å². The van der Waals surface area contributed by atoms with Gasteiger partial charge in [-0.25, -0.2) is 4.98 Å². The summed E-state index contributed by atoms with van der Waals surface area (Å²) in [5.74, 6) is 0.0814. The molecule has 0 unspecified atom stereocenters. The second-order valence-electron chi connectivity index (χ2n) is 8.28. The highest BCUT2D eigenvalue weighted by Crippen LogP contribution is 2.33. The molecule has 1 aliphatic carbocycles. The van der Waals surface area contributed by atoms with Crippen molar-refractivity contribution in [2.24, 2.45) is 5.92 Å². The topological polar surface area (TPSA) is 38.9 Å². The predicted octanol–water partition coefficient (Wildman–Crippen LogP) is 7.44. The summed E-state index contributed by atoms with van der Waals surface area (Å²) in [4.78, 5) is 9.31. The van der Waals surface area contributed by atoms with E-state index in [9.17, 15) is 0 Å². The third-order valence-electron chi connectivity index (χ3n) is 6.19. The van der Waals surface area contributed by atoms with Crippen molar-refractivity contribution in [3.8, 4) is 22.5 Å². The lowest BCUT2D eigenvalue weighted by molar-refractivity contribution is 0.546. The molecule has 3 nitrogen and oxygen atoms in total. The first kappa shape index (κ1) is 16.3. The van der Waals surface area contributed by atoms with Crippen molar-refractivity contribution in [1.29, 1.82) is 0 Å². The van der Waals surface area contributed by atoms with E-state index in [4.69, 9.17) is 12.1 Å². The van der Waals surface area contributed by atoms with Crippen LogP contribution in [0, 0.1) is 5.92 Å². The van der Waals surface area contributed by atoms with Gasteiger partial charge in [0.25, 0.3) is 0 Å². The number of fused-ring (bicyclic) bond motifs is 3. The second-order valence-corrected chi connectivity index (χ2v) is 8.28. The van der Waals surface area contributed by atoms with Gasteiger partial charge in [0.1, 0.15) is 5.58 Å². The van der Waals surface area contributed by atoms with E-state index in [-0.39, 0.29) is 5.92 Å². The van der Waals surface area contributed by atoms with E-state index in [0.29, 0.717) is 11.3 Å². The van der Waals surface area contributed by atoms with Crippen LogP contribution in [0.5, 0.6) is 0 Å². The number of hydrogen-bond donors (Lipinski definition) is 0. The van der Waals surface area contributed by atoms with E-state index >= 15 is 0 Å². The fraction of sp³-hybridized carbons (Fsp3) is 0.214. The molecule has 0 atom stereocenters. The number of furan rings is 1. The summed E-state index contributed by atoms with van der Waals surface area (Å²) in [6.07, 6.45) is 4.53. The van der Waals surface area contributed by atoms with Crippen LogP contribution in [0.25, 0.3) is 44.6 Å². The maximum absolute atomic E-state index is 8.74. The van der Waals surface area contributed by atoms with Crippen LogP contribution in [0.15, 0.2) is 83.4 Å². The molecule has 3 aromatic heterocycles. The normalized spacial score (nSPS) is 16.0. The van der Waals surface area contributed by atoms with Gasteiger partial charge in [0.15, 0.2) is 0 Å². The lowest BCUT2D eigenvalue weighted by atomic mass is 9.97. The number of pyridine rings is 2. The molecule has 0 saturated heterocycles. The third-order valence-corrected chi connectivity index (χ3v) is 6.19. The highest BCUT2D eigenvalue weighted by atomic mass is 16.3. The van der Waals surface area contributed by atoms with Gasteiger partial charge in [-0.05, 0) is 60.3 Å². The molecule has 1 aliphatic rings. The smallest absolute Gasteiger partial charge is 0.227 e. The van der Waals surface area contributed by atoms with Crippen LogP contribution in [-0.4, -0.2) is 9.97 Å². The third kappa shape index (κ3) is 3.50. The lowest BCUT2D eigenvalue weighted by Crippen LogP contribution is -1.99. The van der Waals surface area contributed by atoms with Crippen molar-refractivity contribution in [1.82, 2.24) is 9.97 Å². The molecule has 0 N–H and O–H groups in total. The Morgan fingerprint density at radius 1 is 0.839 bits per heavy atom. The molecular weight excluding hydrogens is 380 g/mol. The summed E-state index contributed by atoms with van der Waals surface area (Å²) < 4.78 is 23.5. The second kappa shape index (κ2) is 7.66. The van der Waals surface area contributed by atoms with Gasteiger partial charge in [0.2, 0.25) is 5.71 Å². The highest BCUT2D eigenvalue weighted by molar-refractivity contribution is 6.05. The van der Waals surface area contributed by atoms with Gasteiger partial charge in [0, 0.05) is 30.8 Å². The molecule has 1 fully saturated rings. The summed E-state index contributed by atoms with van der Waals surface area (Å²) in [6, 6.07) is 23.9. The van der Waals surface area contributed by atoms with E-state index in [2.05, 4.69) is 17.1 Å². The first-order valence-electron chi connectivity index (χ1n) is 12.0. The van der Waals surface area contributed by atoms with Gasteiger partial charge in [0.05, 0.1) is 11.4 Å². The number of aromatic nitrogens is 2. The molecule has 0 radical (unpaired) electrons. The highest BCUT2D eigenvalue weighted by Gasteiger charge is 2.16. The molecule has 0 aliphatic heterocycles. The van der Waals surface area contributed by atoms with Gasteiger partial charge in [-0.2, -0.15) is 0 Å². The van der Waals surface area contributed by atoms with Gasteiger partial charge in [-0.1, -0.05) is 56.0 Å². The van der Waals surface area contributed by atoms with Crippen LogP contribution in [-0.2, 0) is 6.37 Å². The van der Waals surface area contributed by atoms with Crippen molar-refractivity contribution in [2.75, 3.05) is 0 Å². The molecule has 5 aromatic rings. The summed E-state index contributed by atoms with van der Waals surface area (Å²) in [5, 5.41) is 1.95. The fourth-order valence-electron chi connectivity index (χ4n) is 4.57. The monoisotopic (exact) mass is 406 g/mol. The average molecular weight is 407 g/mol. The molecule has 31 heavy (non-hydrogen) atoms. The summed E-state index contributed by atoms with van der Waals surface area (Å²) in [5.41, 5.74) is 5.77. The van der Waals surface area contributed by atoms with Crippen LogP contribution in [0.2, 0.25) is 0 Å². The van der Waals surface area contributed by atoms with E-state index < -0.39 is 6.37 Å². The predicted molar refractivity (Wildman–Crippen MR) is 126 cm³/mol. The molecular formula is C28H24N2O. The van der Waals surface area contributed by atoms with Gasteiger partial charge in [-0.3, -0.25) is 4.98 Å². The largest absolute Gasteiger partial charge is 0.438 e. The zero-order valence-corrected chi connectivity index (χ0v) is 17.2. The van der Waals surface area contributed by atoms with Crippen molar-refractivity contribution < 1.29 is 7.16 Å².